The minimum absolute atomic E-state index is 0.471. The molecule has 1 aromatic rings. The zero-order valence-corrected chi connectivity index (χ0v) is 5.53. The molecular formula is C7H8N2O. The third kappa shape index (κ3) is 1.85. The molecule has 0 saturated carbocycles. The quantitative estimate of drug-likeness (QED) is 0.582. The summed E-state index contributed by atoms with van der Waals surface area (Å²) < 4.78 is 5.06. The highest BCUT2D eigenvalue weighted by molar-refractivity contribution is 5.05. The lowest BCUT2D eigenvalue weighted by Crippen LogP contribution is -1.95. The Bertz CT molecular complexity index is 198. The van der Waals surface area contributed by atoms with Crippen molar-refractivity contribution in [2.45, 2.75) is 0 Å². The lowest BCUT2D eigenvalue weighted by atomic mass is 10.6. The molecule has 0 saturated heterocycles. The second-order valence-electron chi connectivity index (χ2n) is 1.66. The van der Waals surface area contributed by atoms with Crippen LogP contribution in [0.2, 0.25) is 0 Å². The van der Waals surface area contributed by atoms with E-state index in [9.17, 15) is 0 Å². The first-order valence-electron chi connectivity index (χ1n) is 2.95. The van der Waals surface area contributed by atoms with Gasteiger partial charge in [0.15, 0.2) is 0 Å². The number of hydrogen-bond acceptors (Lipinski definition) is 3. The molecule has 52 valence electrons. The van der Waals surface area contributed by atoms with Crippen LogP contribution in [0.1, 0.15) is 0 Å². The molecule has 0 unspecified atom stereocenters. The largest absolute Gasteiger partial charge is 0.472 e. The van der Waals surface area contributed by atoms with Crippen molar-refractivity contribution in [1.82, 2.24) is 10.2 Å². The van der Waals surface area contributed by atoms with Crippen molar-refractivity contribution < 1.29 is 4.74 Å². The average molecular weight is 136 g/mol. The van der Waals surface area contributed by atoms with Gasteiger partial charge in [-0.25, -0.2) is 0 Å². The maximum atomic E-state index is 5.06. The maximum absolute atomic E-state index is 5.06. The van der Waals surface area contributed by atoms with Crippen LogP contribution >= 0.6 is 0 Å². The van der Waals surface area contributed by atoms with Gasteiger partial charge in [0.05, 0.1) is 0 Å². The molecular weight excluding hydrogens is 128 g/mol. The fourth-order valence-corrected chi connectivity index (χ4v) is 0.509. The lowest BCUT2D eigenvalue weighted by Gasteiger charge is -1.97. The second kappa shape index (κ2) is 3.61. The summed E-state index contributed by atoms with van der Waals surface area (Å²) in [6.45, 7) is 3.97. The van der Waals surface area contributed by atoms with E-state index in [1.54, 1.807) is 24.4 Å². The minimum atomic E-state index is 0.471. The Morgan fingerprint density at radius 1 is 1.70 bits per heavy atom. The van der Waals surface area contributed by atoms with E-state index in [-0.39, 0.29) is 0 Å². The van der Waals surface area contributed by atoms with Gasteiger partial charge >= 0.3 is 0 Å². The number of rotatable bonds is 3. The second-order valence-corrected chi connectivity index (χ2v) is 1.66. The molecule has 0 fully saturated rings. The maximum Gasteiger partial charge on any atom is 0.233 e. The Labute approximate surface area is 59.4 Å². The van der Waals surface area contributed by atoms with Crippen LogP contribution in [0.15, 0.2) is 31.0 Å². The summed E-state index contributed by atoms with van der Waals surface area (Å²) in [5.41, 5.74) is 0. The SMILES string of the molecule is C=CCOc1cccnn1. The van der Waals surface area contributed by atoms with Crippen molar-refractivity contribution in [1.29, 1.82) is 0 Å². The van der Waals surface area contributed by atoms with Crippen molar-refractivity contribution in [2.75, 3.05) is 6.61 Å². The Balaban J connectivity index is 2.50. The third-order valence-electron chi connectivity index (χ3n) is 0.897. The fourth-order valence-electron chi connectivity index (χ4n) is 0.509. The molecule has 0 aliphatic rings. The summed E-state index contributed by atoms with van der Waals surface area (Å²) in [5.74, 6) is 0.530. The van der Waals surface area contributed by atoms with Crippen molar-refractivity contribution in [2.24, 2.45) is 0 Å². The Kier molecular flexibility index (Phi) is 2.43. The third-order valence-corrected chi connectivity index (χ3v) is 0.897. The number of ether oxygens (including phenoxy) is 1. The monoisotopic (exact) mass is 136 g/mol. The van der Waals surface area contributed by atoms with Gasteiger partial charge < -0.3 is 4.74 Å². The number of nitrogens with zero attached hydrogens (tertiary/aromatic N) is 2. The molecule has 0 bridgehead atoms. The highest BCUT2D eigenvalue weighted by Crippen LogP contribution is 1.99. The van der Waals surface area contributed by atoms with E-state index < -0.39 is 0 Å². The van der Waals surface area contributed by atoms with Gasteiger partial charge in [0, 0.05) is 12.3 Å². The van der Waals surface area contributed by atoms with E-state index >= 15 is 0 Å². The van der Waals surface area contributed by atoms with Gasteiger partial charge in [-0.2, -0.15) is 5.10 Å². The highest BCUT2D eigenvalue weighted by atomic mass is 16.5. The molecule has 0 N–H and O–H groups in total. The first kappa shape index (κ1) is 6.74. The molecule has 1 heterocycles. The highest BCUT2D eigenvalue weighted by Gasteiger charge is 1.88. The Hall–Kier alpha value is -1.38. The van der Waals surface area contributed by atoms with E-state index in [1.807, 2.05) is 0 Å². The van der Waals surface area contributed by atoms with Gasteiger partial charge in [0.2, 0.25) is 5.88 Å². The van der Waals surface area contributed by atoms with Crippen LogP contribution in [0.5, 0.6) is 5.88 Å². The van der Waals surface area contributed by atoms with E-state index in [1.165, 1.54) is 0 Å². The molecule has 3 heteroatoms. The lowest BCUT2D eigenvalue weighted by molar-refractivity contribution is 0.344. The smallest absolute Gasteiger partial charge is 0.233 e. The van der Waals surface area contributed by atoms with Crippen molar-refractivity contribution in [3.8, 4) is 5.88 Å². The first-order valence-corrected chi connectivity index (χ1v) is 2.95. The van der Waals surface area contributed by atoms with Crippen LogP contribution in [0, 0.1) is 0 Å². The standard InChI is InChI=1S/C7H8N2O/c1-2-6-10-7-4-3-5-8-9-7/h2-5H,1,6H2. The summed E-state index contributed by atoms with van der Waals surface area (Å²) in [7, 11) is 0. The predicted octanol–water partition coefficient (Wildman–Crippen LogP) is 1.04. The normalized spacial score (nSPS) is 8.80. The van der Waals surface area contributed by atoms with Crippen molar-refractivity contribution in [3.05, 3.63) is 31.0 Å². The Morgan fingerprint density at radius 3 is 3.20 bits per heavy atom. The first-order chi connectivity index (χ1) is 4.93. The van der Waals surface area contributed by atoms with Crippen molar-refractivity contribution in [3.63, 3.8) is 0 Å². The van der Waals surface area contributed by atoms with Crippen LogP contribution in [0.3, 0.4) is 0 Å². The van der Waals surface area contributed by atoms with Crippen LogP contribution < -0.4 is 4.74 Å². The molecule has 0 radical (unpaired) electrons. The van der Waals surface area contributed by atoms with Crippen LogP contribution in [0.4, 0.5) is 0 Å². The molecule has 0 aliphatic heterocycles. The summed E-state index contributed by atoms with van der Waals surface area (Å²) in [6.07, 6.45) is 3.26. The molecule has 1 rings (SSSR count). The average Bonchev–Trinajstić information content (AvgIpc) is 2.03. The molecule has 10 heavy (non-hydrogen) atoms. The van der Waals surface area contributed by atoms with Gasteiger partial charge in [-0.05, 0) is 6.07 Å². The van der Waals surface area contributed by atoms with Gasteiger partial charge in [0.1, 0.15) is 6.61 Å². The molecule has 1 aromatic heterocycles. The molecule has 3 nitrogen and oxygen atoms in total. The summed E-state index contributed by atoms with van der Waals surface area (Å²) in [5, 5.41) is 7.32. The fraction of sp³-hybridized carbons (Fsp3) is 0.143. The van der Waals surface area contributed by atoms with Gasteiger partial charge in [-0.3, -0.25) is 0 Å². The minimum Gasteiger partial charge on any atom is -0.472 e. The molecule has 0 aromatic carbocycles. The van der Waals surface area contributed by atoms with E-state index in [2.05, 4.69) is 16.8 Å². The zero-order valence-electron chi connectivity index (χ0n) is 5.53. The van der Waals surface area contributed by atoms with Gasteiger partial charge in [-0.1, -0.05) is 12.7 Å². The van der Waals surface area contributed by atoms with Crippen LogP contribution in [0.25, 0.3) is 0 Å². The zero-order chi connectivity index (χ0) is 7.23. The summed E-state index contributed by atoms with van der Waals surface area (Å²) in [6, 6.07) is 3.52. The molecule has 0 atom stereocenters. The Morgan fingerprint density at radius 2 is 2.60 bits per heavy atom. The van der Waals surface area contributed by atoms with E-state index in [0.717, 1.165) is 0 Å². The molecule has 0 amide bonds. The summed E-state index contributed by atoms with van der Waals surface area (Å²) >= 11 is 0. The van der Waals surface area contributed by atoms with Crippen LogP contribution in [-0.4, -0.2) is 16.8 Å². The van der Waals surface area contributed by atoms with Crippen LogP contribution in [-0.2, 0) is 0 Å². The molecule has 0 spiro atoms. The topological polar surface area (TPSA) is 35.0 Å². The van der Waals surface area contributed by atoms with E-state index in [4.69, 9.17) is 4.74 Å². The predicted molar refractivity (Wildman–Crippen MR) is 37.7 cm³/mol. The van der Waals surface area contributed by atoms with Gasteiger partial charge in [0.25, 0.3) is 0 Å². The number of aromatic nitrogens is 2. The van der Waals surface area contributed by atoms with Crippen molar-refractivity contribution >= 4 is 0 Å². The molecule has 0 aliphatic carbocycles. The number of hydrogen-bond donors (Lipinski definition) is 0. The summed E-state index contributed by atoms with van der Waals surface area (Å²) in [4.78, 5) is 0. The van der Waals surface area contributed by atoms with E-state index in [0.29, 0.717) is 12.5 Å². The van der Waals surface area contributed by atoms with Gasteiger partial charge in [-0.15, -0.1) is 5.10 Å².